The summed E-state index contributed by atoms with van der Waals surface area (Å²) in [7, 11) is -3.45. The highest BCUT2D eigenvalue weighted by Gasteiger charge is 2.74. The van der Waals surface area contributed by atoms with Crippen LogP contribution in [0.3, 0.4) is 0 Å². The molecule has 10 rings (SSSR count). The molecule has 45 heavy (non-hydrogen) atoms. The summed E-state index contributed by atoms with van der Waals surface area (Å²) in [5.74, 6) is 4.78. The number of benzene rings is 3. The second-order valence-electron chi connectivity index (χ2n) is 15.9. The smallest absolute Gasteiger partial charge is 0.381 e. The van der Waals surface area contributed by atoms with E-state index >= 15 is 0 Å². The lowest BCUT2D eigenvalue weighted by atomic mass is 9.70. The summed E-state index contributed by atoms with van der Waals surface area (Å²) in [4.78, 5) is 2.56. The van der Waals surface area contributed by atoms with Crippen LogP contribution in [-0.4, -0.2) is 16.1 Å². The van der Waals surface area contributed by atoms with Gasteiger partial charge in [0.1, 0.15) is 17.2 Å². The second kappa shape index (κ2) is 7.60. The van der Waals surface area contributed by atoms with Crippen molar-refractivity contribution in [2.24, 2.45) is 0 Å². The minimum atomic E-state index is -1.74. The Balaban J connectivity index is 1.49. The Hall–Kier alpha value is -4.21. The van der Waals surface area contributed by atoms with Gasteiger partial charge in [-0.2, -0.15) is 4.90 Å². The molecule has 5 nitrogen and oxygen atoms in total. The van der Waals surface area contributed by atoms with Gasteiger partial charge in [-0.3, -0.25) is 0 Å². The molecule has 5 aliphatic heterocycles. The van der Waals surface area contributed by atoms with Gasteiger partial charge in [0.15, 0.2) is 22.6 Å². The number of ether oxygens (including phenoxy) is 2. The van der Waals surface area contributed by atoms with E-state index in [0.29, 0.717) is 0 Å². The number of anilines is 3. The topological polar surface area (TPSA) is 29.5 Å². The van der Waals surface area contributed by atoms with Crippen LogP contribution < -0.4 is 33.9 Å². The molecular formula is C38H37N3O2Si2+2. The van der Waals surface area contributed by atoms with Gasteiger partial charge in [0.05, 0.1) is 22.2 Å². The normalized spacial score (nSPS) is 19.7. The number of aromatic nitrogens is 2. The lowest BCUT2D eigenvalue weighted by Gasteiger charge is -2.45. The molecule has 0 radical (unpaired) electrons. The van der Waals surface area contributed by atoms with Gasteiger partial charge in [-0.1, -0.05) is 83.5 Å². The van der Waals surface area contributed by atoms with E-state index in [-0.39, 0.29) is 5.41 Å². The van der Waals surface area contributed by atoms with E-state index in [1.165, 1.54) is 55.6 Å². The minimum Gasteiger partial charge on any atom is -0.455 e. The van der Waals surface area contributed by atoms with Crippen LogP contribution in [0, 0.1) is 0 Å². The van der Waals surface area contributed by atoms with Crippen LogP contribution in [0.1, 0.15) is 36.1 Å². The number of pyridine rings is 2. The molecule has 222 valence electrons. The van der Waals surface area contributed by atoms with Crippen molar-refractivity contribution in [1.29, 1.82) is 0 Å². The quantitative estimate of drug-likeness (QED) is 0.150. The molecule has 5 aliphatic rings. The predicted molar refractivity (Wildman–Crippen MR) is 183 cm³/mol. The molecule has 7 heterocycles. The van der Waals surface area contributed by atoms with E-state index in [1.54, 1.807) is 0 Å². The Morgan fingerprint density at radius 1 is 0.622 bits per heavy atom. The van der Waals surface area contributed by atoms with Crippen LogP contribution in [-0.2, 0) is 11.1 Å². The van der Waals surface area contributed by atoms with Crippen molar-refractivity contribution in [2.45, 2.75) is 64.2 Å². The molecule has 3 aromatic carbocycles. The third-order valence-corrected chi connectivity index (χ3v) is 15.0. The molecule has 1 spiro atoms. The molecule has 5 aromatic rings. The molecule has 2 aromatic heterocycles. The molecule has 7 heteroatoms. The molecular weight excluding hydrogens is 587 g/mol. The number of hydrogen-bond acceptors (Lipinski definition) is 3. The standard InChI is InChI=1S/C38H37N3O2Si2/c1-37(2)24-12-9-10-13-26(24)39-32-20-22(44(3,4)5)18-27-28-19-23(45(6,7)8)21-33-41(28)38(40(27)32)34-29(14-11-15-30(34)43-33)42-31-17-16-25(37)36(39)35(31)38/h9-21H,1-8H3/q+2. The van der Waals surface area contributed by atoms with Crippen LogP contribution in [0.4, 0.5) is 17.2 Å². The maximum absolute atomic E-state index is 6.93. The van der Waals surface area contributed by atoms with Gasteiger partial charge in [-0.25, -0.2) is 0 Å². The minimum absolute atomic E-state index is 0.197. The lowest BCUT2D eigenvalue weighted by Crippen LogP contribution is -2.75. The van der Waals surface area contributed by atoms with Gasteiger partial charge < -0.3 is 9.47 Å². The Morgan fingerprint density at radius 3 is 2.00 bits per heavy atom. The largest absolute Gasteiger partial charge is 0.455 e. The lowest BCUT2D eigenvalue weighted by molar-refractivity contribution is -0.936. The van der Waals surface area contributed by atoms with E-state index in [9.17, 15) is 0 Å². The molecule has 1 atom stereocenters. The van der Waals surface area contributed by atoms with Crippen LogP contribution in [0.15, 0.2) is 78.9 Å². The molecule has 0 N–H and O–H groups in total. The van der Waals surface area contributed by atoms with Gasteiger partial charge in [-0.05, 0) is 40.7 Å². The summed E-state index contributed by atoms with van der Waals surface area (Å²) in [6.07, 6.45) is 0. The van der Waals surface area contributed by atoms with Gasteiger partial charge in [-0.15, -0.1) is 9.13 Å². The van der Waals surface area contributed by atoms with Crippen LogP contribution in [0.2, 0.25) is 39.3 Å². The van der Waals surface area contributed by atoms with Crippen molar-refractivity contribution in [3.8, 4) is 34.5 Å². The van der Waals surface area contributed by atoms with Gasteiger partial charge in [0.25, 0.3) is 11.5 Å². The fraction of sp³-hybridized carbons (Fsp3) is 0.263. The van der Waals surface area contributed by atoms with E-state index in [4.69, 9.17) is 9.47 Å². The van der Waals surface area contributed by atoms with Crippen molar-refractivity contribution in [3.63, 3.8) is 0 Å². The van der Waals surface area contributed by atoms with Crippen molar-refractivity contribution in [3.05, 3.63) is 101 Å². The fourth-order valence-corrected chi connectivity index (χ4v) is 10.9. The van der Waals surface area contributed by atoms with Crippen LogP contribution in [0.25, 0.3) is 11.4 Å². The summed E-state index contributed by atoms with van der Waals surface area (Å²) >= 11 is 0. The molecule has 1 unspecified atom stereocenters. The fourth-order valence-electron chi connectivity index (χ4n) is 8.67. The summed E-state index contributed by atoms with van der Waals surface area (Å²) in [5.41, 5.74) is 9.07. The predicted octanol–water partition coefficient (Wildman–Crippen LogP) is 7.26. The number of fused-ring (bicyclic) bond motifs is 4. The number of para-hydroxylation sites is 1. The third kappa shape index (κ3) is 2.83. The van der Waals surface area contributed by atoms with Gasteiger partial charge >= 0.3 is 11.5 Å². The number of hydrogen-bond donors (Lipinski definition) is 0. The summed E-state index contributed by atoms with van der Waals surface area (Å²) in [5, 5.41) is 2.86. The Labute approximate surface area is 266 Å². The second-order valence-corrected chi connectivity index (χ2v) is 26.1. The average Bonchev–Trinajstić information content (AvgIpc) is 3.28. The first-order valence-corrected chi connectivity index (χ1v) is 23.1. The highest BCUT2D eigenvalue weighted by Crippen LogP contribution is 2.64. The molecule has 0 aliphatic carbocycles. The average molecular weight is 624 g/mol. The van der Waals surface area contributed by atoms with E-state index in [1.807, 2.05) is 0 Å². The zero-order valence-corrected chi connectivity index (χ0v) is 29.2. The first-order valence-electron chi connectivity index (χ1n) is 16.1. The third-order valence-electron chi connectivity index (χ3n) is 10.9. The Bertz CT molecular complexity index is 2240. The van der Waals surface area contributed by atoms with E-state index < -0.39 is 21.8 Å². The molecule has 0 saturated heterocycles. The highest BCUT2D eigenvalue weighted by atomic mass is 28.3. The van der Waals surface area contributed by atoms with Crippen molar-refractivity contribution >= 4 is 43.7 Å². The number of rotatable bonds is 2. The Kier molecular flexibility index (Phi) is 4.40. The van der Waals surface area contributed by atoms with E-state index in [0.717, 1.165) is 28.7 Å². The maximum atomic E-state index is 6.93. The van der Waals surface area contributed by atoms with Gasteiger partial charge in [0.2, 0.25) is 5.69 Å². The number of nitrogens with zero attached hydrogens (tertiary/aromatic N) is 3. The maximum Gasteiger partial charge on any atom is 0.381 e. The Morgan fingerprint density at radius 2 is 1.27 bits per heavy atom. The first-order chi connectivity index (χ1) is 21.3. The summed E-state index contributed by atoms with van der Waals surface area (Å²) in [6, 6.07) is 29.7. The van der Waals surface area contributed by atoms with Crippen molar-refractivity contribution < 1.29 is 18.6 Å². The molecule has 0 amide bonds. The molecule has 0 fully saturated rings. The van der Waals surface area contributed by atoms with Crippen molar-refractivity contribution in [2.75, 3.05) is 4.90 Å². The highest BCUT2D eigenvalue weighted by molar-refractivity contribution is 6.89. The van der Waals surface area contributed by atoms with Gasteiger partial charge in [0, 0.05) is 28.7 Å². The monoisotopic (exact) mass is 623 g/mol. The zero-order chi connectivity index (χ0) is 31.0. The van der Waals surface area contributed by atoms with Crippen molar-refractivity contribution in [1.82, 2.24) is 0 Å². The molecule has 0 saturated carbocycles. The summed E-state index contributed by atoms with van der Waals surface area (Å²) < 4.78 is 19.0. The molecule has 0 bridgehead atoms. The zero-order valence-electron chi connectivity index (χ0n) is 27.2. The van der Waals surface area contributed by atoms with Crippen LogP contribution >= 0.6 is 0 Å². The first kappa shape index (κ1) is 26.1. The SMILES string of the molecule is CC1(C)c2ccccc2N2c3c1ccc1c3C34c5c(cccc5Oc5cc([Si](C)(C)C)cc([n+]53)-c3cc([Si](C)(C)C)cc2[n+]34)O1. The van der Waals surface area contributed by atoms with E-state index in [2.05, 4.69) is 146 Å². The van der Waals surface area contributed by atoms with Crippen LogP contribution in [0.5, 0.6) is 23.1 Å². The summed E-state index contributed by atoms with van der Waals surface area (Å²) in [6.45, 7) is 19.4.